The van der Waals surface area contributed by atoms with Gasteiger partial charge >= 0.3 is 6.18 Å². The standard InChI is InChI=1S/C23H21BrF3N3O5S/c1-34-18-10-9-14(12-19(18)35-2)17-13-20(23(25,26)27)30-22(29-17)36(32,33)11-5-8-21(31)28-16-7-4-3-6-15(16)24/h3-4,6-7,9-10,12-13H,5,8,11H2,1-2H3,(H,28,31). The fraction of sp³-hybridized carbons (Fsp3) is 0.261. The molecule has 1 amide bonds. The molecule has 3 aromatic rings. The van der Waals surface area contributed by atoms with E-state index in [1.165, 1.54) is 32.4 Å². The van der Waals surface area contributed by atoms with E-state index in [-0.39, 0.29) is 29.8 Å². The number of amides is 1. The predicted octanol–water partition coefficient (Wildman–Crippen LogP) is 5.13. The molecule has 0 radical (unpaired) electrons. The van der Waals surface area contributed by atoms with Crippen molar-refractivity contribution in [2.75, 3.05) is 25.3 Å². The van der Waals surface area contributed by atoms with Crippen molar-refractivity contribution in [1.82, 2.24) is 9.97 Å². The molecule has 192 valence electrons. The van der Waals surface area contributed by atoms with Crippen molar-refractivity contribution < 1.29 is 35.9 Å². The number of methoxy groups -OCH3 is 2. The minimum Gasteiger partial charge on any atom is -0.493 e. The molecule has 0 atom stereocenters. The van der Waals surface area contributed by atoms with Gasteiger partial charge in [-0.25, -0.2) is 18.4 Å². The predicted molar refractivity (Wildman–Crippen MR) is 130 cm³/mol. The first-order valence-corrected chi connectivity index (χ1v) is 12.8. The van der Waals surface area contributed by atoms with Crippen LogP contribution in [0.15, 0.2) is 58.2 Å². The maximum absolute atomic E-state index is 13.5. The lowest BCUT2D eigenvalue weighted by molar-refractivity contribution is -0.141. The second-order valence-electron chi connectivity index (χ2n) is 7.44. The number of carbonyl (C=O) groups is 1. The average molecular weight is 588 g/mol. The third-order valence-electron chi connectivity index (χ3n) is 4.92. The van der Waals surface area contributed by atoms with Crippen LogP contribution in [-0.4, -0.2) is 44.3 Å². The summed E-state index contributed by atoms with van der Waals surface area (Å²) in [6, 6.07) is 11.8. The Hall–Kier alpha value is -3.19. The van der Waals surface area contributed by atoms with Crippen molar-refractivity contribution in [1.29, 1.82) is 0 Å². The summed E-state index contributed by atoms with van der Waals surface area (Å²) in [4.78, 5) is 19.4. The molecule has 0 aliphatic heterocycles. The van der Waals surface area contributed by atoms with Gasteiger partial charge in [-0.05, 0) is 58.7 Å². The number of nitrogens with zero attached hydrogens (tertiary/aromatic N) is 2. The smallest absolute Gasteiger partial charge is 0.433 e. The summed E-state index contributed by atoms with van der Waals surface area (Å²) in [6.45, 7) is 0. The molecule has 0 spiro atoms. The van der Waals surface area contributed by atoms with Crippen LogP contribution in [0, 0.1) is 0 Å². The quantitative estimate of drug-likeness (QED) is 0.345. The number of carbonyl (C=O) groups excluding carboxylic acids is 1. The molecule has 1 heterocycles. The van der Waals surface area contributed by atoms with E-state index in [4.69, 9.17) is 9.47 Å². The van der Waals surface area contributed by atoms with Gasteiger partial charge in [-0.15, -0.1) is 0 Å². The zero-order valence-corrected chi connectivity index (χ0v) is 21.5. The summed E-state index contributed by atoms with van der Waals surface area (Å²) in [5.74, 6) is -0.515. The van der Waals surface area contributed by atoms with Gasteiger partial charge in [0.15, 0.2) is 11.5 Å². The number of ether oxygens (including phenoxy) is 2. The fourth-order valence-electron chi connectivity index (χ4n) is 3.14. The Morgan fingerprint density at radius 3 is 2.36 bits per heavy atom. The number of sulfone groups is 1. The molecule has 13 heteroatoms. The Labute approximate surface area is 213 Å². The maximum Gasteiger partial charge on any atom is 0.433 e. The summed E-state index contributed by atoms with van der Waals surface area (Å²) < 4.78 is 77.2. The third kappa shape index (κ3) is 6.72. The molecule has 36 heavy (non-hydrogen) atoms. The molecule has 3 rings (SSSR count). The second kappa shape index (κ2) is 11.2. The number of anilines is 1. The zero-order valence-electron chi connectivity index (χ0n) is 19.1. The monoisotopic (exact) mass is 587 g/mol. The van der Waals surface area contributed by atoms with E-state index in [1.54, 1.807) is 24.3 Å². The van der Waals surface area contributed by atoms with E-state index in [0.717, 1.165) is 0 Å². The third-order valence-corrected chi connectivity index (χ3v) is 7.17. The Bertz CT molecular complexity index is 1370. The minimum atomic E-state index is -4.92. The summed E-state index contributed by atoms with van der Waals surface area (Å²) in [5, 5.41) is 1.65. The Morgan fingerprint density at radius 2 is 1.72 bits per heavy atom. The van der Waals surface area contributed by atoms with Crippen LogP contribution < -0.4 is 14.8 Å². The van der Waals surface area contributed by atoms with Crippen LogP contribution in [0.25, 0.3) is 11.3 Å². The Kier molecular flexibility index (Phi) is 8.56. The first-order valence-electron chi connectivity index (χ1n) is 10.4. The van der Waals surface area contributed by atoms with Crippen molar-refractivity contribution in [3.63, 3.8) is 0 Å². The molecular weight excluding hydrogens is 567 g/mol. The van der Waals surface area contributed by atoms with Crippen molar-refractivity contribution in [2.24, 2.45) is 0 Å². The van der Waals surface area contributed by atoms with Crippen LogP contribution in [-0.2, 0) is 20.8 Å². The summed E-state index contributed by atoms with van der Waals surface area (Å²) in [7, 11) is -1.60. The van der Waals surface area contributed by atoms with Gasteiger partial charge in [0, 0.05) is 16.5 Å². The van der Waals surface area contributed by atoms with E-state index < -0.39 is 38.5 Å². The Morgan fingerprint density at radius 1 is 1.03 bits per heavy atom. The first-order chi connectivity index (χ1) is 16.9. The number of rotatable bonds is 9. The molecular formula is C23H21BrF3N3O5S. The van der Waals surface area contributed by atoms with Crippen LogP contribution in [0.5, 0.6) is 11.5 Å². The molecule has 2 aromatic carbocycles. The van der Waals surface area contributed by atoms with Gasteiger partial charge in [-0.3, -0.25) is 4.79 Å². The molecule has 0 unspecified atom stereocenters. The highest BCUT2D eigenvalue weighted by Crippen LogP contribution is 2.35. The second-order valence-corrected chi connectivity index (χ2v) is 10.3. The number of nitrogens with one attached hydrogen (secondary N) is 1. The number of hydrogen-bond donors (Lipinski definition) is 1. The topological polar surface area (TPSA) is 107 Å². The van der Waals surface area contributed by atoms with Crippen molar-refractivity contribution >= 4 is 37.4 Å². The van der Waals surface area contributed by atoms with Gasteiger partial charge in [0.25, 0.3) is 0 Å². The summed E-state index contributed by atoms with van der Waals surface area (Å²) >= 11 is 3.29. The van der Waals surface area contributed by atoms with E-state index in [2.05, 4.69) is 31.2 Å². The molecule has 0 saturated heterocycles. The largest absolute Gasteiger partial charge is 0.493 e. The lowest BCUT2D eigenvalue weighted by atomic mass is 10.1. The number of alkyl halides is 3. The highest BCUT2D eigenvalue weighted by Gasteiger charge is 2.35. The molecule has 0 aliphatic rings. The fourth-order valence-corrected chi connectivity index (χ4v) is 4.71. The van der Waals surface area contributed by atoms with Gasteiger partial charge in [0.2, 0.25) is 20.9 Å². The highest BCUT2D eigenvalue weighted by molar-refractivity contribution is 9.10. The lowest BCUT2D eigenvalue weighted by Gasteiger charge is -2.13. The first kappa shape index (κ1) is 27.4. The zero-order chi connectivity index (χ0) is 26.5. The molecule has 1 N–H and O–H groups in total. The average Bonchev–Trinajstić information content (AvgIpc) is 2.84. The van der Waals surface area contributed by atoms with Gasteiger partial charge in [-0.1, -0.05) is 12.1 Å². The highest BCUT2D eigenvalue weighted by atomic mass is 79.9. The van der Waals surface area contributed by atoms with Gasteiger partial charge in [0.1, 0.15) is 5.69 Å². The molecule has 0 bridgehead atoms. The summed E-state index contributed by atoms with van der Waals surface area (Å²) in [6.07, 6.45) is -5.24. The molecule has 0 aliphatic carbocycles. The molecule has 0 fully saturated rings. The molecule has 1 aromatic heterocycles. The van der Waals surface area contributed by atoms with Crippen molar-refractivity contribution in [3.8, 4) is 22.8 Å². The Balaban J connectivity index is 1.84. The van der Waals surface area contributed by atoms with Gasteiger partial charge in [-0.2, -0.15) is 13.2 Å². The normalized spacial score (nSPS) is 11.7. The van der Waals surface area contributed by atoms with Crippen LogP contribution in [0.3, 0.4) is 0 Å². The maximum atomic E-state index is 13.5. The van der Waals surface area contributed by atoms with Crippen LogP contribution in [0.4, 0.5) is 18.9 Å². The number of para-hydroxylation sites is 1. The van der Waals surface area contributed by atoms with Crippen molar-refractivity contribution in [3.05, 3.63) is 58.7 Å². The molecule has 0 saturated carbocycles. The lowest BCUT2D eigenvalue weighted by Crippen LogP contribution is -2.18. The SMILES string of the molecule is COc1ccc(-c2cc(C(F)(F)F)nc(S(=O)(=O)CCCC(=O)Nc3ccccc3Br)n2)cc1OC. The van der Waals surface area contributed by atoms with Gasteiger partial charge < -0.3 is 14.8 Å². The van der Waals surface area contributed by atoms with E-state index >= 15 is 0 Å². The molecule has 8 nitrogen and oxygen atoms in total. The summed E-state index contributed by atoms with van der Waals surface area (Å²) in [5.41, 5.74) is -0.994. The van der Waals surface area contributed by atoms with Crippen molar-refractivity contribution in [2.45, 2.75) is 24.2 Å². The van der Waals surface area contributed by atoms with Crippen LogP contribution in [0.1, 0.15) is 18.5 Å². The van der Waals surface area contributed by atoms with E-state index in [0.29, 0.717) is 22.0 Å². The van der Waals surface area contributed by atoms with Crippen LogP contribution >= 0.6 is 15.9 Å². The number of halogens is 4. The van der Waals surface area contributed by atoms with E-state index in [9.17, 15) is 26.4 Å². The van der Waals surface area contributed by atoms with Crippen LogP contribution in [0.2, 0.25) is 0 Å². The van der Waals surface area contributed by atoms with E-state index in [1.807, 2.05) is 0 Å². The number of hydrogen-bond acceptors (Lipinski definition) is 7. The van der Waals surface area contributed by atoms with Gasteiger partial charge in [0.05, 0.1) is 31.4 Å². The number of benzene rings is 2. The number of aromatic nitrogens is 2. The minimum absolute atomic E-state index is 0.149.